The molecule has 1 saturated heterocycles. The summed E-state index contributed by atoms with van der Waals surface area (Å²) in [6.07, 6.45) is -0.807. The number of Topliss-reactive ketones (excluding diaryl/α,β-unsaturated/α-hetero) is 1. The third kappa shape index (κ3) is 0.728. The standard InChI is InChI=1S/C5H4N2O3/c1-2-4(8)3(7-6)5(9)10-2/h2H,1H3/t2-/m0/s1. The molecular weight excluding hydrogens is 136 g/mol. The van der Waals surface area contributed by atoms with Crippen LogP contribution in [-0.2, 0) is 14.3 Å². The van der Waals surface area contributed by atoms with Crippen molar-refractivity contribution in [2.75, 3.05) is 0 Å². The summed E-state index contributed by atoms with van der Waals surface area (Å²) in [5.74, 6) is -1.44. The Kier molecular flexibility index (Phi) is 1.35. The lowest BCUT2D eigenvalue weighted by atomic mass is 10.2. The Labute approximate surface area is 56.2 Å². The van der Waals surface area contributed by atoms with Gasteiger partial charge in [0.1, 0.15) is 0 Å². The molecule has 0 bridgehead atoms. The Morgan fingerprint density at radius 1 is 1.60 bits per heavy atom. The van der Waals surface area contributed by atoms with Gasteiger partial charge < -0.3 is 10.3 Å². The van der Waals surface area contributed by atoms with Gasteiger partial charge >= 0.3 is 11.7 Å². The van der Waals surface area contributed by atoms with Crippen LogP contribution in [0, 0.1) is 0 Å². The van der Waals surface area contributed by atoms with Crippen molar-refractivity contribution < 1.29 is 19.1 Å². The van der Waals surface area contributed by atoms with Gasteiger partial charge in [0.15, 0.2) is 6.10 Å². The molecule has 1 atom stereocenters. The van der Waals surface area contributed by atoms with Crippen molar-refractivity contribution in [3.63, 3.8) is 0 Å². The third-order valence-corrected chi connectivity index (χ3v) is 1.18. The van der Waals surface area contributed by atoms with E-state index in [4.69, 9.17) is 5.53 Å². The molecule has 0 aliphatic carbocycles. The van der Waals surface area contributed by atoms with Crippen LogP contribution in [0.25, 0.3) is 5.53 Å². The molecule has 1 rings (SSSR count). The fourth-order valence-electron chi connectivity index (χ4n) is 0.653. The first-order chi connectivity index (χ1) is 4.66. The number of ketones is 1. The molecule has 0 aromatic carbocycles. The van der Waals surface area contributed by atoms with Crippen LogP contribution in [0.15, 0.2) is 0 Å². The van der Waals surface area contributed by atoms with E-state index >= 15 is 0 Å². The topological polar surface area (TPSA) is 79.8 Å². The van der Waals surface area contributed by atoms with Crippen LogP contribution in [0.5, 0.6) is 0 Å². The van der Waals surface area contributed by atoms with Crippen molar-refractivity contribution in [2.24, 2.45) is 0 Å². The SMILES string of the molecule is C[C@@H]1OC(=O)C(=[N+]=[N-])C1=O. The zero-order chi connectivity index (χ0) is 7.72. The number of cyclic esters (lactones) is 1. The minimum Gasteiger partial charge on any atom is -0.445 e. The Hall–Kier alpha value is -1.48. The molecular formula is C5H4N2O3. The largest absolute Gasteiger partial charge is 0.445 e. The summed E-state index contributed by atoms with van der Waals surface area (Å²) in [5.41, 5.74) is 7.57. The second-order valence-electron chi connectivity index (χ2n) is 1.86. The first-order valence-electron chi connectivity index (χ1n) is 2.64. The number of ether oxygens (including phenoxy) is 1. The highest BCUT2D eigenvalue weighted by Crippen LogP contribution is 2.04. The molecule has 0 radical (unpaired) electrons. The highest BCUT2D eigenvalue weighted by molar-refractivity contribution is 6.65. The number of carbonyl (C=O) groups excluding carboxylic acids is 2. The van der Waals surface area contributed by atoms with Gasteiger partial charge in [-0.05, 0) is 6.92 Å². The third-order valence-electron chi connectivity index (χ3n) is 1.18. The van der Waals surface area contributed by atoms with Gasteiger partial charge in [0.25, 0.3) is 5.78 Å². The maximum atomic E-state index is 10.7. The molecule has 0 spiro atoms. The predicted octanol–water partition coefficient (Wildman–Crippen LogP) is -0.828. The molecule has 0 aromatic rings. The first-order valence-corrected chi connectivity index (χ1v) is 2.64. The molecule has 5 nitrogen and oxygen atoms in total. The zero-order valence-electron chi connectivity index (χ0n) is 5.20. The molecule has 0 saturated carbocycles. The fourth-order valence-corrected chi connectivity index (χ4v) is 0.653. The number of hydrogen-bond donors (Lipinski definition) is 0. The Bertz CT molecular complexity index is 252. The summed E-state index contributed by atoms with van der Waals surface area (Å²) in [7, 11) is 0. The van der Waals surface area contributed by atoms with Crippen molar-refractivity contribution in [1.29, 1.82) is 0 Å². The zero-order valence-corrected chi connectivity index (χ0v) is 5.20. The highest BCUT2D eigenvalue weighted by Gasteiger charge is 2.44. The second kappa shape index (κ2) is 2.04. The molecule has 10 heavy (non-hydrogen) atoms. The average Bonchev–Trinajstić information content (AvgIpc) is 2.09. The van der Waals surface area contributed by atoms with Crippen LogP contribution in [0.2, 0.25) is 0 Å². The molecule has 1 aliphatic heterocycles. The van der Waals surface area contributed by atoms with Crippen molar-refractivity contribution >= 4 is 17.5 Å². The number of hydrogen-bond acceptors (Lipinski definition) is 3. The molecule has 0 unspecified atom stereocenters. The van der Waals surface area contributed by atoms with Gasteiger partial charge in [-0.25, -0.2) is 4.79 Å². The Morgan fingerprint density at radius 2 is 2.20 bits per heavy atom. The maximum absolute atomic E-state index is 10.7. The molecule has 1 aliphatic rings. The minimum absolute atomic E-state index is 0.521. The molecule has 0 amide bonds. The molecule has 0 aromatic heterocycles. The lowest BCUT2D eigenvalue weighted by Gasteiger charge is -1.91. The van der Waals surface area contributed by atoms with Gasteiger partial charge in [0.2, 0.25) is 0 Å². The number of esters is 1. The second-order valence-corrected chi connectivity index (χ2v) is 1.86. The summed E-state index contributed by atoms with van der Waals surface area (Å²) in [6, 6.07) is 0. The summed E-state index contributed by atoms with van der Waals surface area (Å²) in [5, 5.41) is 0. The normalized spacial score (nSPS) is 24.5. The summed E-state index contributed by atoms with van der Waals surface area (Å²) in [6.45, 7) is 1.42. The number of nitrogens with zero attached hydrogens (tertiary/aromatic N) is 2. The Balaban J connectivity index is 3.07. The van der Waals surface area contributed by atoms with Gasteiger partial charge in [0, 0.05) is 0 Å². The highest BCUT2D eigenvalue weighted by atomic mass is 16.6. The van der Waals surface area contributed by atoms with Gasteiger partial charge in [-0.1, -0.05) is 0 Å². The molecule has 52 valence electrons. The number of carbonyl (C=O) groups is 2. The van der Waals surface area contributed by atoms with E-state index in [0.717, 1.165) is 0 Å². The Morgan fingerprint density at radius 3 is 2.40 bits per heavy atom. The monoisotopic (exact) mass is 140 g/mol. The van der Waals surface area contributed by atoms with E-state index < -0.39 is 23.6 Å². The fraction of sp³-hybridized carbons (Fsp3) is 0.400. The summed E-state index contributed by atoms with van der Waals surface area (Å²) < 4.78 is 4.40. The minimum atomic E-state index is -0.861. The molecule has 5 heteroatoms. The van der Waals surface area contributed by atoms with Crippen LogP contribution in [0.1, 0.15) is 6.92 Å². The predicted molar refractivity (Wildman–Crippen MR) is 29.2 cm³/mol. The van der Waals surface area contributed by atoms with Gasteiger partial charge in [-0.15, -0.1) is 0 Å². The number of rotatable bonds is 0. The van der Waals surface area contributed by atoms with E-state index in [1.54, 1.807) is 0 Å². The lowest BCUT2D eigenvalue weighted by Crippen LogP contribution is -2.18. The van der Waals surface area contributed by atoms with Crippen molar-refractivity contribution in [2.45, 2.75) is 13.0 Å². The van der Waals surface area contributed by atoms with E-state index in [1.807, 2.05) is 0 Å². The van der Waals surface area contributed by atoms with E-state index in [1.165, 1.54) is 6.92 Å². The van der Waals surface area contributed by atoms with E-state index in [0.29, 0.717) is 0 Å². The molecule has 1 heterocycles. The maximum Gasteiger partial charge on any atom is 0.445 e. The van der Waals surface area contributed by atoms with Crippen LogP contribution in [-0.4, -0.2) is 28.4 Å². The van der Waals surface area contributed by atoms with Crippen LogP contribution in [0.4, 0.5) is 0 Å². The van der Waals surface area contributed by atoms with Crippen LogP contribution < -0.4 is 0 Å². The van der Waals surface area contributed by atoms with Gasteiger partial charge in [-0.3, -0.25) is 4.79 Å². The van der Waals surface area contributed by atoms with Crippen LogP contribution >= 0.6 is 0 Å². The van der Waals surface area contributed by atoms with Gasteiger partial charge in [-0.2, -0.15) is 4.79 Å². The van der Waals surface area contributed by atoms with E-state index in [-0.39, 0.29) is 0 Å². The van der Waals surface area contributed by atoms with Crippen LogP contribution in [0.3, 0.4) is 0 Å². The van der Waals surface area contributed by atoms with Crippen molar-refractivity contribution in [1.82, 2.24) is 0 Å². The first kappa shape index (κ1) is 6.64. The summed E-state index contributed by atoms with van der Waals surface area (Å²) in [4.78, 5) is 23.7. The smallest absolute Gasteiger partial charge is 0.445 e. The van der Waals surface area contributed by atoms with E-state index in [9.17, 15) is 9.59 Å². The lowest BCUT2D eigenvalue weighted by molar-refractivity contribution is -0.140. The molecule has 0 N–H and O–H groups in total. The summed E-state index contributed by atoms with van der Waals surface area (Å²) >= 11 is 0. The quantitative estimate of drug-likeness (QED) is 0.250. The van der Waals surface area contributed by atoms with Crippen molar-refractivity contribution in [3.8, 4) is 0 Å². The van der Waals surface area contributed by atoms with E-state index in [2.05, 4.69) is 9.53 Å². The molecule has 1 fully saturated rings. The average molecular weight is 140 g/mol. The van der Waals surface area contributed by atoms with Crippen molar-refractivity contribution in [3.05, 3.63) is 5.53 Å². The van der Waals surface area contributed by atoms with Gasteiger partial charge in [0.05, 0.1) is 0 Å².